The van der Waals surface area contributed by atoms with Crippen LogP contribution in [0.3, 0.4) is 0 Å². The molecule has 0 spiro atoms. The first-order valence-corrected chi connectivity index (χ1v) is 13.4. The molecule has 5 aliphatic rings. The van der Waals surface area contributed by atoms with Gasteiger partial charge in [-0.05, 0) is 86.3 Å². The predicted octanol–water partition coefficient (Wildman–Crippen LogP) is 3.57. The summed E-state index contributed by atoms with van der Waals surface area (Å²) in [6.07, 6.45) is 8.39. The average Bonchev–Trinajstić information content (AvgIpc) is 2.77. The molecule has 32 heavy (non-hydrogen) atoms. The van der Waals surface area contributed by atoms with Gasteiger partial charge in [0.1, 0.15) is 10.7 Å². The zero-order chi connectivity index (χ0) is 22.5. The Bertz CT molecular complexity index is 954. The number of halogens is 1. The standard InChI is InChI=1S/C24H33FN2O4S/c1-2-22(24-13-16-9-17(14-24)11-18(10-16)15-24)26-23(28)19-3-4-20(25)21(12-19)32(29,30)27-5-7-31-8-6-27/h3-4,12,16-18,22H,2,5-11,13-15H2,1H3,(H,26,28). The number of benzene rings is 1. The molecule has 0 aromatic heterocycles. The molecule has 5 fully saturated rings. The summed E-state index contributed by atoms with van der Waals surface area (Å²) in [4.78, 5) is 12.8. The van der Waals surface area contributed by atoms with Crippen molar-refractivity contribution in [2.45, 2.75) is 62.8 Å². The second-order valence-corrected chi connectivity index (χ2v) is 12.3. The molecule has 1 aromatic carbocycles. The molecule has 6 rings (SSSR count). The molecule has 176 valence electrons. The molecule has 4 bridgehead atoms. The van der Waals surface area contributed by atoms with E-state index in [1.54, 1.807) is 0 Å². The zero-order valence-corrected chi connectivity index (χ0v) is 19.5. The Morgan fingerprint density at radius 3 is 2.31 bits per heavy atom. The Morgan fingerprint density at radius 2 is 1.75 bits per heavy atom. The third kappa shape index (κ3) is 3.88. The molecule has 1 aliphatic heterocycles. The van der Waals surface area contributed by atoms with Crippen molar-refractivity contribution >= 4 is 15.9 Å². The Labute approximate surface area is 189 Å². The molecule has 4 saturated carbocycles. The first-order chi connectivity index (χ1) is 15.3. The van der Waals surface area contributed by atoms with Gasteiger partial charge in [-0.25, -0.2) is 12.8 Å². The molecule has 0 radical (unpaired) electrons. The molecule has 1 amide bonds. The van der Waals surface area contributed by atoms with Gasteiger partial charge in [-0.15, -0.1) is 0 Å². The molecular weight excluding hydrogens is 431 g/mol. The summed E-state index contributed by atoms with van der Waals surface area (Å²) >= 11 is 0. The predicted molar refractivity (Wildman–Crippen MR) is 118 cm³/mol. The monoisotopic (exact) mass is 464 g/mol. The summed E-state index contributed by atoms with van der Waals surface area (Å²) in [6, 6.07) is 3.73. The Balaban J connectivity index is 1.37. The van der Waals surface area contributed by atoms with Crippen molar-refractivity contribution < 1.29 is 22.3 Å². The van der Waals surface area contributed by atoms with Crippen LogP contribution in [0.5, 0.6) is 0 Å². The summed E-state index contributed by atoms with van der Waals surface area (Å²) in [6.45, 7) is 3.04. The SMILES string of the molecule is CCC(NC(=O)c1ccc(F)c(S(=O)(=O)N2CCOCC2)c1)C12CC3CC(CC(C3)C1)C2. The van der Waals surface area contributed by atoms with Crippen molar-refractivity contribution in [2.24, 2.45) is 23.2 Å². The van der Waals surface area contributed by atoms with E-state index in [4.69, 9.17) is 4.74 Å². The molecular formula is C24H33FN2O4S. The van der Waals surface area contributed by atoms with Crippen molar-refractivity contribution in [1.29, 1.82) is 0 Å². The highest BCUT2D eigenvalue weighted by molar-refractivity contribution is 7.89. The van der Waals surface area contributed by atoms with Crippen LogP contribution in [0.4, 0.5) is 4.39 Å². The van der Waals surface area contributed by atoms with Gasteiger partial charge in [-0.1, -0.05) is 6.92 Å². The number of carbonyl (C=O) groups is 1. The second kappa shape index (κ2) is 8.37. The number of ether oxygens (including phenoxy) is 1. The number of sulfonamides is 1. The van der Waals surface area contributed by atoms with Gasteiger partial charge < -0.3 is 10.1 Å². The van der Waals surface area contributed by atoms with Crippen LogP contribution in [0.1, 0.15) is 62.2 Å². The largest absolute Gasteiger partial charge is 0.379 e. The van der Waals surface area contributed by atoms with Crippen molar-refractivity contribution in [1.82, 2.24) is 9.62 Å². The number of nitrogens with zero attached hydrogens (tertiary/aromatic N) is 1. The van der Waals surface area contributed by atoms with Crippen LogP contribution < -0.4 is 5.32 Å². The maximum Gasteiger partial charge on any atom is 0.251 e. The smallest absolute Gasteiger partial charge is 0.251 e. The molecule has 6 nitrogen and oxygen atoms in total. The number of carbonyl (C=O) groups excluding carboxylic acids is 1. The third-order valence-corrected chi connectivity index (χ3v) is 10.2. The van der Waals surface area contributed by atoms with Gasteiger partial charge in [-0.3, -0.25) is 4.79 Å². The first-order valence-electron chi connectivity index (χ1n) is 12.0. The maximum atomic E-state index is 14.5. The minimum atomic E-state index is -4.02. The summed E-state index contributed by atoms with van der Waals surface area (Å²) < 4.78 is 47.0. The summed E-state index contributed by atoms with van der Waals surface area (Å²) in [5.74, 6) is 1.20. The molecule has 1 heterocycles. The van der Waals surface area contributed by atoms with Gasteiger partial charge >= 0.3 is 0 Å². The van der Waals surface area contributed by atoms with Gasteiger partial charge in [-0.2, -0.15) is 4.31 Å². The van der Waals surface area contributed by atoms with E-state index in [9.17, 15) is 17.6 Å². The molecule has 1 N–H and O–H groups in total. The van der Waals surface area contributed by atoms with Crippen molar-refractivity contribution in [2.75, 3.05) is 26.3 Å². The summed E-state index contributed by atoms with van der Waals surface area (Å²) in [7, 11) is -4.02. The quantitative estimate of drug-likeness (QED) is 0.698. The van der Waals surface area contributed by atoms with E-state index in [1.165, 1.54) is 55.0 Å². The topological polar surface area (TPSA) is 75.7 Å². The van der Waals surface area contributed by atoms with Gasteiger partial charge in [0.05, 0.1) is 13.2 Å². The number of nitrogens with one attached hydrogen (secondary N) is 1. The first kappa shape index (κ1) is 22.3. The Kier molecular flexibility index (Phi) is 5.83. The van der Waals surface area contributed by atoms with E-state index in [-0.39, 0.29) is 49.2 Å². The van der Waals surface area contributed by atoms with Gasteiger partial charge in [0.2, 0.25) is 10.0 Å². The van der Waals surface area contributed by atoms with Crippen LogP contribution in [-0.4, -0.2) is 51.0 Å². The molecule has 8 heteroatoms. The molecule has 1 aromatic rings. The van der Waals surface area contributed by atoms with E-state index in [0.717, 1.165) is 30.2 Å². The zero-order valence-electron chi connectivity index (χ0n) is 18.7. The third-order valence-electron chi connectivity index (χ3n) is 8.32. The number of hydrogen-bond donors (Lipinski definition) is 1. The van der Waals surface area contributed by atoms with E-state index in [0.29, 0.717) is 0 Å². The number of hydrogen-bond acceptors (Lipinski definition) is 4. The Hall–Kier alpha value is -1.51. The van der Waals surface area contributed by atoms with Gasteiger partial charge in [0.15, 0.2) is 0 Å². The fraction of sp³-hybridized carbons (Fsp3) is 0.708. The van der Waals surface area contributed by atoms with Crippen LogP contribution in [0.25, 0.3) is 0 Å². The van der Waals surface area contributed by atoms with Crippen LogP contribution in [0.15, 0.2) is 23.1 Å². The van der Waals surface area contributed by atoms with Crippen LogP contribution in [-0.2, 0) is 14.8 Å². The van der Waals surface area contributed by atoms with Crippen LogP contribution in [0.2, 0.25) is 0 Å². The van der Waals surface area contributed by atoms with Crippen LogP contribution in [0, 0.1) is 29.0 Å². The maximum absolute atomic E-state index is 14.5. The number of amides is 1. The lowest BCUT2D eigenvalue weighted by Crippen LogP contribution is -2.56. The fourth-order valence-electron chi connectivity index (χ4n) is 7.30. The molecule has 4 aliphatic carbocycles. The van der Waals surface area contributed by atoms with E-state index >= 15 is 0 Å². The number of morpholine rings is 1. The highest BCUT2D eigenvalue weighted by atomic mass is 32.2. The second-order valence-electron chi connectivity index (χ2n) is 10.4. The van der Waals surface area contributed by atoms with Crippen molar-refractivity contribution in [3.8, 4) is 0 Å². The Morgan fingerprint density at radius 1 is 1.16 bits per heavy atom. The minimum Gasteiger partial charge on any atom is -0.379 e. The normalized spacial score (nSPS) is 33.2. The van der Waals surface area contributed by atoms with E-state index in [2.05, 4.69) is 12.2 Å². The van der Waals surface area contributed by atoms with Gasteiger partial charge in [0, 0.05) is 24.7 Å². The van der Waals surface area contributed by atoms with E-state index in [1.807, 2.05) is 0 Å². The molecule has 1 saturated heterocycles. The van der Waals surface area contributed by atoms with Crippen molar-refractivity contribution in [3.05, 3.63) is 29.6 Å². The minimum absolute atomic E-state index is 0.0627. The lowest BCUT2D eigenvalue weighted by molar-refractivity contribution is -0.0727. The highest BCUT2D eigenvalue weighted by Crippen LogP contribution is 2.61. The summed E-state index contributed by atoms with van der Waals surface area (Å²) in [5, 5.41) is 3.23. The highest BCUT2D eigenvalue weighted by Gasteiger charge is 2.54. The van der Waals surface area contributed by atoms with E-state index < -0.39 is 20.7 Å². The lowest BCUT2D eigenvalue weighted by atomic mass is 9.47. The lowest BCUT2D eigenvalue weighted by Gasteiger charge is -2.59. The molecule has 1 atom stereocenters. The number of rotatable bonds is 6. The molecule has 1 unspecified atom stereocenters. The van der Waals surface area contributed by atoms with Gasteiger partial charge in [0.25, 0.3) is 5.91 Å². The van der Waals surface area contributed by atoms with Crippen LogP contribution >= 0.6 is 0 Å². The average molecular weight is 465 g/mol. The van der Waals surface area contributed by atoms with Crippen molar-refractivity contribution in [3.63, 3.8) is 0 Å². The fourth-order valence-corrected chi connectivity index (χ4v) is 8.80. The summed E-state index contributed by atoms with van der Waals surface area (Å²) in [5.41, 5.74) is 0.350.